The lowest BCUT2D eigenvalue weighted by Crippen LogP contribution is -3.14. The van der Waals surface area contributed by atoms with Crippen molar-refractivity contribution in [1.29, 1.82) is 0 Å². The lowest BCUT2D eigenvalue weighted by molar-refractivity contribution is -0.898. The fourth-order valence-electron chi connectivity index (χ4n) is 3.91. The number of piperidine rings is 1. The maximum Gasteiger partial charge on any atom is 0.275 e. The third-order valence-electron chi connectivity index (χ3n) is 5.24. The van der Waals surface area contributed by atoms with Crippen LogP contribution in [0.15, 0.2) is 24.3 Å². The molecule has 0 spiro atoms. The third-order valence-corrected chi connectivity index (χ3v) is 6.44. The van der Waals surface area contributed by atoms with Gasteiger partial charge in [-0.3, -0.25) is 4.79 Å². The highest BCUT2D eigenvalue weighted by molar-refractivity contribution is 7.18. The number of fused-ring (bicyclic) bond motifs is 1. The first-order valence-electron chi connectivity index (χ1n) is 9.35. The monoisotopic (exact) mass is 360 g/mol. The van der Waals surface area contributed by atoms with Crippen LogP contribution in [-0.2, 0) is 9.53 Å². The number of hydrogen-bond donors (Lipinski definition) is 2. The van der Waals surface area contributed by atoms with Crippen LogP contribution in [0.4, 0.5) is 0 Å². The van der Waals surface area contributed by atoms with Gasteiger partial charge >= 0.3 is 0 Å². The summed E-state index contributed by atoms with van der Waals surface area (Å²) >= 11 is 1.81. The molecule has 1 unspecified atom stereocenters. The Morgan fingerprint density at radius 1 is 1.32 bits per heavy atom. The van der Waals surface area contributed by atoms with Crippen LogP contribution in [0.3, 0.4) is 0 Å². The van der Waals surface area contributed by atoms with Gasteiger partial charge in [-0.05, 0) is 37.8 Å². The third kappa shape index (κ3) is 4.19. The van der Waals surface area contributed by atoms with Gasteiger partial charge in [0.1, 0.15) is 5.01 Å². The van der Waals surface area contributed by atoms with E-state index in [0.29, 0.717) is 19.0 Å². The lowest BCUT2D eigenvalue weighted by atomic mass is 9.99. The van der Waals surface area contributed by atoms with Gasteiger partial charge in [0.05, 0.1) is 35.3 Å². The molecule has 3 heterocycles. The van der Waals surface area contributed by atoms with Crippen molar-refractivity contribution in [3.63, 3.8) is 0 Å². The fourth-order valence-corrected chi connectivity index (χ4v) is 5.01. The summed E-state index contributed by atoms with van der Waals surface area (Å²) in [6.45, 7) is 4.14. The van der Waals surface area contributed by atoms with Gasteiger partial charge in [0.15, 0.2) is 6.54 Å². The van der Waals surface area contributed by atoms with Crippen LogP contribution in [0.5, 0.6) is 0 Å². The largest absolute Gasteiger partial charge is 0.376 e. The summed E-state index contributed by atoms with van der Waals surface area (Å²) in [5, 5.41) is 4.28. The van der Waals surface area contributed by atoms with Crippen molar-refractivity contribution in [2.75, 3.05) is 32.8 Å². The summed E-state index contributed by atoms with van der Waals surface area (Å²) in [5.74, 6) is 0.627. The number of ether oxygens (including phenoxy) is 1. The minimum Gasteiger partial charge on any atom is -0.376 e. The molecule has 1 aromatic heterocycles. The number of nitrogens with one attached hydrogen (secondary N) is 2. The Hall–Kier alpha value is -1.50. The second-order valence-electron chi connectivity index (χ2n) is 7.18. The van der Waals surface area contributed by atoms with E-state index in [1.807, 2.05) is 17.4 Å². The van der Waals surface area contributed by atoms with Crippen LogP contribution in [-0.4, -0.2) is 49.8 Å². The van der Waals surface area contributed by atoms with Gasteiger partial charge in [0.2, 0.25) is 0 Å². The summed E-state index contributed by atoms with van der Waals surface area (Å²) in [4.78, 5) is 18.5. The van der Waals surface area contributed by atoms with Gasteiger partial charge in [-0.15, -0.1) is 11.3 Å². The number of carbonyl (C=O) groups is 1. The first-order valence-corrected chi connectivity index (χ1v) is 10.2. The maximum atomic E-state index is 12.3. The van der Waals surface area contributed by atoms with E-state index >= 15 is 0 Å². The van der Waals surface area contributed by atoms with Gasteiger partial charge in [-0.25, -0.2) is 4.98 Å². The zero-order valence-electron chi connectivity index (χ0n) is 14.5. The van der Waals surface area contributed by atoms with Crippen LogP contribution in [0.25, 0.3) is 10.2 Å². The molecule has 0 radical (unpaired) electrons. The average molecular weight is 361 g/mol. The molecule has 25 heavy (non-hydrogen) atoms. The fraction of sp³-hybridized carbons (Fsp3) is 0.579. The molecule has 2 aromatic rings. The highest BCUT2D eigenvalue weighted by Crippen LogP contribution is 2.30. The van der Waals surface area contributed by atoms with Crippen molar-refractivity contribution in [1.82, 2.24) is 10.3 Å². The molecule has 2 aliphatic heterocycles. The minimum atomic E-state index is 0.149. The molecule has 1 amide bonds. The van der Waals surface area contributed by atoms with Crippen LogP contribution in [0, 0.1) is 0 Å². The molecule has 2 fully saturated rings. The Morgan fingerprint density at radius 2 is 2.24 bits per heavy atom. The number of aromatic nitrogens is 1. The molecular weight excluding hydrogens is 334 g/mol. The molecule has 134 valence electrons. The zero-order chi connectivity index (χ0) is 17.1. The number of thiazole rings is 1. The first-order chi connectivity index (χ1) is 12.3. The van der Waals surface area contributed by atoms with Crippen molar-refractivity contribution in [2.24, 2.45) is 0 Å². The Kier molecular flexibility index (Phi) is 5.29. The van der Waals surface area contributed by atoms with Crippen LogP contribution < -0.4 is 10.2 Å². The molecule has 0 saturated carbocycles. The Morgan fingerprint density at radius 3 is 3.08 bits per heavy atom. The number of nitrogens with zero attached hydrogens (tertiary/aromatic N) is 1. The number of carbonyl (C=O) groups excluding carboxylic acids is 1. The topological polar surface area (TPSA) is 55.7 Å². The lowest BCUT2D eigenvalue weighted by Gasteiger charge is -2.28. The van der Waals surface area contributed by atoms with Crippen LogP contribution >= 0.6 is 11.3 Å². The molecule has 0 aliphatic carbocycles. The van der Waals surface area contributed by atoms with E-state index in [2.05, 4.69) is 23.5 Å². The molecule has 3 atom stereocenters. The molecule has 6 heteroatoms. The van der Waals surface area contributed by atoms with Gasteiger partial charge in [-0.1, -0.05) is 12.1 Å². The van der Waals surface area contributed by atoms with Crippen LogP contribution in [0.1, 0.15) is 36.6 Å². The Balaban J connectivity index is 1.31. The van der Waals surface area contributed by atoms with E-state index < -0.39 is 0 Å². The van der Waals surface area contributed by atoms with Gasteiger partial charge < -0.3 is 15.0 Å². The summed E-state index contributed by atoms with van der Waals surface area (Å²) in [7, 11) is 0. The average Bonchev–Trinajstić information content (AvgIpc) is 3.29. The number of amides is 1. The predicted octanol–water partition coefficient (Wildman–Crippen LogP) is 1.35. The number of para-hydroxylation sites is 1. The Labute approximate surface area is 152 Å². The molecule has 5 nitrogen and oxygen atoms in total. The summed E-state index contributed by atoms with van der Waals surface area (Å²) < 4.78 is 6.83. The number of rotatable bonds is 5. The molecule has 0 bridgehead atoms. The molecule has 1 aromatic carbocycles. The van der Waals surface area contributed by atoms with E-state index in [1.54, 1.807) is 0 Å². The zero-order valence-corrected chi connectivity index (χ0v) is 15.3. The second-order valence-corrected chi connectivity index (χ2v) is 8.24. The van der Waals surface area contributed by atoms with E-state index in [1.165, 1.54) is 21.0 Å². The van der Waals surface area contributed by atoms with Crippen LogP contribution in [0.2, 0.25) is 0 Å². The number of quaternary nitrogens is 1. The van der Waals surface area contributed by atoms with E-state index in [-0.39, 0.29) is 12.0 Å². The van der Waals surface area contributed by atoms with E-state index in [0.717, 1.165) is 44.5 Å². The SMILES string of the molecule is O=C(C[NH+]1CCC[C@H](c2nc3ccccc3s2)C1)NC[C@@H]1CCCO1. The van der Waals surface area contributed by atoms with Crippen molar-refractivity contribution in [2.45, 2.75) is 37.7 Å². The molecule has 4 rings (SSSR count). The van der Waals surface area contributed by atoms with Crippen molar-refractivity contribution < 1.29 is 14.4 Å². The highest BCUT2D eigenvalue weighted by Gasteiger charge is 2.28. The summed E-state index contributed by atoms with van der Waals surface area (Å²) in [6, 6.07) is 8.34. The number of likely N-dealkylation sites (tertiary alicyclic amines) is 1. The van der Waals surface area contributed by atoms with Gasteiger partial charge in [0.25, 0.3) is 5.91 Å². The molecule has 2 aliphatic rings. The van der Waals surface area contributed by atoms with E-state index in [9.17, 15) is 4.79 Å². The van der Waals surface area contributed by atoms with E-state index in [4.69, 9.17) is 9.72 Å². The van der Waals surface area contributed by atoms with Crippen molar-refractivity contribution in [3.8, 4) is 0 Å². The van der Waals surface area contributed by atoms with Gasteiger partial charge in [-0.2, -0.15) is 0 Å². The smallest absolute Gasteiger partial charge is 0.275 e. The number of benzene rings is 1. The molecule has 2 N–H and O–H groups in total. The summed E-state index contributed by atoms with van der Waals surface area (Å²) in [5.41, 5.74) is 1.10. The van der Waals surface area contributed by atoms with Gasteiger partial charge in [0, 0.05) is 13.2 Å². The molecular formula is C19H26N3O2S+. The van der Waals surface area contributed by atoms with Crippen molar-refractivity contribution >= 4 is 27.5 Å². The maximum absolute atomic E-state index is 12.3. The first kappa shape index (κ1) is 16.9. The standard InChI is InChI=1S/C19H25N3O2S/c23-18(20-11-15-6-4-10-24-15)13-22-9-3-5-14(12-22)19-21-16-7-1-2-8-17(16)25-19/h1-2,7-8,14-15H,3-6,9-13H2,(H,20,23)/p+1/t14-,15-/m0/s1. The quantitative estimate of drug-likeness (QED) is 0.846. The predicted molar refractivity (Wildman–Crippen MR) is 99.1 cm³/mol. The van der Waals surface area contributed by atoms with Crippen molar-refractivity contribution in [3.05, 3.63) is 29.3 Å². The Bertz CT molecular complexity index is 693. The minimum absolute atomic E-state index is 0.149. The summed E-state index contributed by atoms with van der Waals surface area (Å²) in [6.07, 6.45) is 4.74. The molecule has 2 saturated heterocycles. The highest BCUT2D eigenvalue weighted by atomic mass is 32.1. The normalized spacial score (nSPS) is 26.8. The number of hydrogen-bond acceptors (Lipinski definition) is 4. The second kappa shape index (κ2) is 7.81.